The lowest BCUT2D eigenvalue weighted by atomic mass is 9.99. The molecule has 0 saturated heterocycles. The minimum absolute atomic E-state index is 0.0985. The van der Waals surface area contributed by atoms with Crippen molar-refractivity contribution in [2.24, 2.45) is 5.92 Å². The van der Waals surface area contributed by atoms with Gasteiger partial charge in [0.1, 0.15) is 5.69 Å². The summed E-state index contributed by atoms with van der Waals surface area (Å²) in [6.45, 7) is 4.93. The summed E-state index contributed by atoms with van der Waals surface area (Å²) in [5.41, 5.74) is 3.10. The van der Waals surface area contributed by atoms with Gasteiger partial charge in [-0.25, -0.2) is 4.68 Å². The first kappa shape index (κ1) is 16.3. The molecular weight excluding hydrogens is 326 g/mol. The molecule has 0 saturated carbocycles. The molecule has 1 N–H and O–H groups in total. The number of carbonyl (C=O) groups excluding carboxylic acids is 1. The predicted octanol–water partition coefficient (Wildman–Crippen LogP) is 3.36. The Balaban J connectivity index is 1.70. The topological polar surface area (TPSA) is 63.1 Å². The number of pyridine rings is 1. The van der Waals surface area contributed by atoms with Crippen LogP contribution in [-0.4, -0.2) is 33.3 Å². The molecule has 0 bridgehead atoms. The van der Waals surface area contributed by atoms with E-state index in [0.29, 0.717) is 18.2 Å². The van der Waals surface area contributed by atoms with E-state index in [4.69, 9.17) is 0 Å². The zero-order valence-electron chi connectivity index (χ0n) is 14.8. The van der Waals surface area contributed by atoms with Crippen molar-refractivity contribution >= 4 is 17.3 Å². The first-order chi connectivity index (χ1) is 12.6. The molecule has 26 heavy (non-hydrogen) atoms. The number of amides is 1. The number of para-hydroxylation sites is 2. The number of rotatable bonds is 3. The van der Waals surface area contributed by atoms with Crippen molar-refractivity contribution in [2.75, 3.05) is 16.8 Å². The summed E-state index contributed by atoms with van der Waals surface area (Å²) in [4.78, 5) is 19.4. The molecule has 132 valence electrons. The van der Waals surface area contributed by atoms with Gasteiger partial charge in [0.15, 0.2) is 0 Å². The summed E-state index contributed by atoms with van der Waals surface area (Å²) in [7, 11) is 0. The normalized spacial score (nSPS) is 16.3. The largest absolute Gasteiger partial charge is 0.379 e. The molecule has 1 aromatic carbocycles. The highest BCUT2D eigenvalue weighted by Gasteiger charge is 2.30. The number of carbonyl (C=O) groups is 1. The van der Waals surface area contributed by atoms with Crippen LogP contribution >= 0.6 is 0 Å². The Morgan fingerprint density at radius 3 is 2.81 bits per heavy atom. The minimum atomic E-state index is -0.0985. The van der Waals surface area contributed by atoms with Crippen LogP contribution in [0.2, 0.25) is 0 Å². The molecule has 3 aromatic rings. The number of fused-ring (bicyclic) bond motifs is 1. The maximum absolute atomic E-state index is 13.3. The Morgan fingerprint density at radius 2 is 2.04 bits per heavy atom. The van der Waals surface area contributed by atoms with Crippen LogP contribution in [0.3, 0.4) is 0 Å². The maximum Gasteiger partial charge on any atom is 0.277 e. The van der Waals surface area contributed by atoms with Crippen LogP contribution in [-0.2, 0) is 0 Å². The Morgan fingerprint density at radius 1 is 1.19 bits per heavy atom. The van der Waals surface area contributed by atoms with E-state index in [1.54, 1.807) is 23.1 Å². The second-order valence-electron chi connectivity index (χ2n) is 6.78. The summed E-state index contributed by atoms with van der Waals surface area (Å²) < 4.78 is 1.72. The van der Waals surface area contributed by atoms with Crippen molar-refractivity contribution in [3.63, 3.8) is 0 Å². The molecule has 3 heterocycles. The van der Waals surface area contributed by atoms with E-state index in [1.807, 2.05) is 47.5 Å². The van der Waals surface area contributed by atoms with Crippen molar-refractivity contribution in [1.82, 2.24) is 14.8 Å². The quantitative estimate of drug-likeness (QED) is 0.789. The van der Waals surface area contributed by atoms with Gasteiger partial charge in [0.25, 0.3) is 5.91 Å². The summed E-state index contributed by atoms with van der Waals surface area (Å²) in [5.74, 6) is 0.306. The van der Waals surface area contributed by atoms with Gasteiger partial charge >= 0.3 is 0 Å². The van der Waals surface area contributed by atoms with Gasteiger partial charge in [0, 0.05) is 31.2 Å². The van der Waals surface area contributed by atoms with Gasteiger partial charge in [-0.3, -0.25) is 9.78 Å². The van der Waals surface area contributed by atoms with Crippen molar-refractivity contribution in [3.05, 3.63) is 66.7 Å². The van der Waals surface area contributed by atoms with E-state index in [2.05, 4.69) is 29.2 Å². The highest BCUT2D eigenvalue weighted by Crippen LogP contribution is 2.33. The lowest BCUT2D eigenvalue weighted by molar-refractivity contribution is 0.0979. The van der Waals surface area contributed by atoms with Gasteiger partial charge in [0.2, 0.25) is 0 Å². The Kier molecular flexibility index (Phi) is 4.16. The molecule has 4 rings (SSSR count). The van der Waals surface area contributed by atoms with E-state index >= 15 is 0 Å². The standard InChI is InChI=1S/C20H21N5O/c1-14(2)18-13-24(19-7-4-3-6-16(19)23-18)20(26)17-12-15(8-10-21-17)25-11-5-9-22-25/h3-12,14,18,23H,13H2,1-2H3/t18-/m0/s1. The lowest BCUT2D eigenvalue weighted by Crippen LogP contribution is -2.47. The van der Waals surface area contributed by atoms with Crippen LogP contribution < -0.4 is 10.2 Å². The SMILES string of the molecule is CC(C)[C@@H]1CN(C(=O)c2cc(-n3cccn3)ccn2)c2ccccc2N1. The number of aromatic nitrogens is 3. The average Bonchev–Trinajstić information content (AvgIpc) is 3.21. The van der Waals surface area contributed by atoms with Crippen LogP contribution in [0.25, 0.3) is 5.69 Å². The summed E-state index contributed by atoms with van der Waals surface area (Å²) >= 11 is 0. The van der Waals surface area contributed by atoms with Gasteiger partial charge in [0.05, 0.1) is 17.1 Å². The summed E-state index contributed by atoms with van der Waals surface area (Å²) in [6.07, 6.45) is 5.21. The molecule has 1 atom stereocenters. The fourth-order valence-electron chi connectivity index (χ4n) is 3.18. The van der Waals surface area contributed by atoms with Crippen LogP contribution in [0, 0.1) is 5.92 Å². The Labute approximate surface area is 152 Å². The van der Waals surface area contributed by atoms with E-state index in [1.165, 1.54) is 0 Å². The van der Waals surface area contributed by atoms with Gasteiger partial charge in [-0.15, -0.1) is 0 Å². The Hall–Kier alpha value is -3.15. The fraction of sp³-hybridized carbons (Fsp3) is 0.250. The minimum Gasteiger partial charge on any atom is -0.379 e. The summed E-state index contributed by atoms with van der Waals surface area (Å²) in [5, 5.41) is 7.76. The predicted molar refractivity (Wildman–Crippen MR) is 102 cm³/mol. The fourth-order valence-corrected chi connectivity index (χ4v) is 3.18. The number of benzene rings is 1. The Bertz CT molecular complexity index is 919. The number of hydrogen-bond donors (Lipinski definition) is 1. The molecule has 2 aromatic heterocycles. The summed E-state index contributed by atoms with van der Waals surface area (Å²) in [6, 6.07) is 13.6. The van der Waals surface area contributed by atoms with E-state index < -0.39 is 0 Å². The van der Waals surface area contributed by atoms with Crippen LogP contribution in [0.4, 0.5) is 11.4 Å². The smallest absolute Gasteiger partial charge is 0.277 e. The molecule has 1 amide bonds. The first-order valence-electron chi connectivity index (χ1n) is 8.77. The van der Waals surface area contributed by atoms with E-state index in [9.17, 15) is 4.79 Å². The van der Waals surface area contributed by atoms with Crippen molar-refractivity contribution in [1.29, 1.82) is 0 Å². The number of anilines is 2. The molecule has 0 aliphatic carbocycles. The van der Waals surface area contributed by atoms with Gasteiger partial charge < -0.3 is 10.2 Å². The molecule has 0 unspecified atom stereocenters. The highest BCUT2D eigenvalue weighted by molar-refractivity contribution is 6.07. The van der Waals surface area contributed by atoms with Crippen LogP contribution in [0.5, 0.6) is 0 Å². The molecule has 1 aliphatic heterocycles. The third kappa shape index (κ3) is 2.94. The molecule has 0 radical (unpaired) electrons. The van der Waals surface area contributed by atoms with Crippen molar-refractivity contribution < 1.29 is 4.79 Å². The van der Waals surface area contributed by atoms with E-state index in [-0.39, 0.29) is 11.9 Å². The molecule has 1 aliphatic rings. The van der Waals surface area contributed by atoms with Crippen LogP contribution in [0.1, 0.15) is 24.3 Å². The number of hydrogen-bond acceptors (Lipinski definition) is 4. The third-order valence-electron chi connectivity index (χ3n) is 4.70. The second-order valence-corrected chi connectivity index (χ2v) is 6.78. The maximum atomic E-state index is 13.3. The molecule has 6 heteroatoms. The van der Waals surface area contributed by atoms with Gasteiger partial charge in [-0.1, -0.05) is 26.0 Å². The molecule has 0 fully saturated rings. The van der Waals surface area contributed by atoms with E-state index in [0.717, 1.165) is 17.1 Å². The monoisotopic (exact) mass is 347 g/mol. The van der Waals surface area contributed by atoms with Gasteiger partial charge in [-0.2, -0.15) is 5.10 Å². The lowest BCUT2D eigenvalue weighted by Gasteiger charge is -2.37. The third-order valence-corrected chi connectivity index (χ3v) is 4.70. The first-order valence-corrected chi connectivity index (χ1v) is 8.77. The zero-order chi connectivity index (χ0) is 18.1. The molecule has 6 nitrogen and oxygen atoms in total. The highest BCUT2D eigenvalue weighted by atomic mass is 16.2. The number of nitrogens with zero attached hydrogens (tertiary/aromatic N) is 4. The molecular formula is C20H21N5O. The number of nitrogens with one attached hydrogen (secondary N) is 1. The second kappa shape index (κ2) is 6.63. The van der Waals surface area contributed by atoms with Crippen LogP contribution in [0.15, 0.2) is 61.1 Å². The van der Waals surface area contributed by atoms with Crippen molar-refractivity contribution in [3.8, 4) is 5.69 Å². The van der Waals surface area contributed by atoms with Gasteiger partial charge in [-0.05, 0) is 36.2 Å². The average molecular weight is 347 g/mol. The zero-order valence-corrected chi connectivity index (χ0v) is 14.8. The van der Waals surface area contributed by atoms with Crippen molar-refractivity contribution in [2.45, 2.75) is 19.9 Å². The molecule has 0 spiro atoms.